The van der Waals surface area contributed by atoms with Gasteiger partial charge in [-0.05, 0) is 25.0 Å². The van der Waals surface area contributed by atoms with Gasteiger partial charge in [0.1, 0.15) is 11.3 Å². The van der Waals surface area contributed by atoms with E-state index in [1.165, 1.54) is 0 Å². The Bertz CT molecular complexity index is 525. The van der Waals surface area contributed by atoms with Crippen molar-refractivity contribution < 1.29 is 23.1 Å². The molecule has 112 valence electrons. The lowest BCUT2D eigenvalue weighted by Gasteiger charge is -2.15. The summed E-state index contributed by atoms with van der Waals surface area (Å²) >= 11 is 0. The highest BCUT2D eigenvalue weighted by atomic mass is 19.4. The molecule has 0 aromatic carbocycles. The van der Waals surface area contributed by atoms with Crippen molar-refractivity contribution >= 4 is 5.91 Å². The Kier molecular flexibility index (Phi) is 5.32. The first-order valence-corrected chi connectivity index (χ1v) is 6.01. The molecule has 0 saturated heterocycles. The molecule has 0 saturated carbocycles. The SMILES string of the molecule is CCC(CCO)NC(=O)c1ccc(C(F)(F)F)[nH]c1=O. The van der Waals surface area contributed by atoms with Gasteiger partial charge in [-0.1, -0.05) is 6.92 Å². The van der Waals surface area contributed by atoms with Gasteiger partial charge in [0.15, 0.2) is 0 Å². The Morgan fingerprint density at radius 3 is 2.55 bits per heavy atom. The first-order chi connectivity index (χ1) is 9.29. The Balaban J connectivity index is 2.92. The molecule has 0 aliphatic rings. The second kappa shape index (κ2) is 6.56. The molecule has 3 N–H and O–H groups in total. The zero-order valence-electron chi connectivity index (χ0n) is 10.8. The van der Waals surface area contributed by atoms with E-state index in [1.54, 1.807) is 11.9 Å². The minimum atomic E-state index is -4.67. The molecule has 5 nitrogen and oxygen atoms in total. The lowest BCUT2D eigenvalue weighted by Crippen LogP contribution is -2.38. The van der Waals surface area contributed by atoms with Crippen LogP contribution in [0.1, 0.15) is 35.8 Å². The van der Waals surface area contributed by atoms with Crippen LogP contribution in [0, 0.1) is 0 Å². The van der Waals surface area contributed by atoms with Crippen LogP contribution >= 0.6 is 0 Å². The van der Waals surface area contributed by atoms with Gasteiger partial charge in [0.25, 0.3) is 11.5 Å². The quantitative estimate of drug-likeness (QED) is 0.764. The highest BCUT2D eigenvalue weighted by Gasteiger charge is 2.32. The number of aliphatic hydroxyl groups is 1. The number of amides is 1. The number of H-pyrrole nitrogens is 1. The van der Waals surface area contributed by atoms with Gasteiger partial charge >= 0.3 is 6.18 Å². The maximum Gasteiger partial charge on any atom is 0.431 e. The summed E-state index contributed by atoms with van der Waals surface area (Å²) in [5.41, 5.74) is -2.70. The average molecular weight is 292 g/mol. The molecule has 1 unspecified atom stereocenters. The van der Waals surface area contributed by atoms with Gasteiger partial charge in [0.05, 0.1) is 0 Å². The molecule has 1 amide bonds. The van der Waals surface area contributed by atoms with Crippen LogP contribution in [0.2, 0.25) is 0 Å². The zero-order valence-corrected chi connectivity index (χ0v) is 10.8. The van der Waals surface area contributed by atoms with Gasteiger partial charge < -0.3 is 15.4 Å². The first-order valence-electron chi connectivity index (χ1n) is 6.01. The third-order valence-corrected chi connectivity index (χ3v) is 2.77. The number of pyridine rings is 1. The minimum Gasteiger partial charge on any atom is -0.396 e. The maximum absolute atomic E-state index is 12.4. The summed E-state index contributed by atoms with van der Waals surface area (Å²) in [5, 5.41) is 11.3. The lowest BCUT2D eigenvalue weighted by molar-refractivity contribution is -0.141. The number of hydrogen-bond donors (Lipinski definition) is 3. The summed E-state index contributed by atoms with van der Waals surface area (Å²) in [5.74, 6) is -0.764. The van der Waals surface area contributed by atoms with Crippen LogP contribution in [0.25, 0.3) is 0 Å². The van der Waals surface area contributed by atoms with E-state index in [4.69, 9.17) is 5.11 Å². The number of aromatic amines is 1. The number of alkyl halides is 3. The van der Waals surface area contributed by atoms with Gasteiger partial charge in [0.2, 0.25) is 0 Å². The van der Waals surface area contributed by atoms with E-state index >= 15 is 0 Å². The van der Waals surface area contributed by atoms with Crippen LogP contribution in [0.3, 0.4) is 0 Å². The number of carbonyl (C=O) groups excluding carboxylic acids is 1. The van der Waals surface area contributed by atoms with E-state index < -0.39 is 28.9 Å². The molecule has 8 heteroatoms. The second-order valence-corrected chi connectivity index (χ2v) is 4.20. The van der Waals surface area contributed by atoms with Gasteiger partial charge in [0, 0.05) is 12.6 Å². The number of halogens is 3. The van der Waals surface area contributed by atoms with Gasteiger partial charge in [-0.2, -0.15) is 13.2 Å². The number of nitrogens with one attached hydrogen (secondary N) is 2. The van der Waals surface area contributed by atoms with E-state index in [0.717, 1.165) is 6.07 Å². The number of carbonyl (C=O) groups is 1. The minimum absolute atomic E-state index is 0.137. The molecule has 1 aromatic heterocycles. The van der Waals surface area contributed by atoms with Gasteiger partial charge in [-0.3, -0.25) is 9.59 Å². The van der Waals surface area contributed by atoms with E-state index in [2.05, 4.69) is 5.32 Å². The zero-order chi connectivity index (χ0) is 15.3. The number of aromatic nitrogens is 1. The molecular weight excluding hydrogens is 277 g/mol. The molecular formula is C12H15F3N2O3. The molecule has 1 atom stereocenters. The average Bonchev–Trinajstić information content (AvgIpc) is 2.36. The smallest absolute Gasteiger partial charge is 0.396 e. The summed E-state index contributed by atoms with van der Waals surface area (Å²) in [7, 11) is 0. The topological polar surface area (TPSA) is 82.2 Å². The maximum atomic E-state index is 12.4. The van der Waals surface area contributed by atoms with Crippen molar-refractivity contribution in [3.8, 4) is 0 Å². The van der Waals surface area contributed by atoms with E-state index in [0.29, 0.717) is 18.9 Å². The van der Waals surface area contributed by atoms with E-state index in [9.17, 15) is 22.8 Å². The van der Waals surface area contributed by atoms with Crippen molar-refractivity contribution in [3.05, 3.63) is 33.7 Å². The number of rotatable bonds is 5. The van der Waals surface area contributed by atoms with Gasteiger partial charge in [-0.25, -0.2) is 0 Å². The van der Waals surface area contributed by atoms with Crippen LogP contribution < -0.4 is 10.9 Å². The molecule has 0 fully saturated rings. The fourth-order valence-corrected chi connectivity index (χ4v) is 1.62. The summed E-state index contributed by atoms with van der Waals surface area (Å²) < 4.78 is 37.1. The van der Waals surface area contributed by atoms with E-state index in [-0.39, 0.29) is 12.6 Å². The standard InChI is InChI=1S/C12H15F3N2O3/c1-2-7(5-6-18)16-10(19)8-3-4-9(12(13,14)15)17-11(8)20/h3-4,7,18H,2,5-6H2,1H3,(H,16,19)(H,17,20). The molecule has 0 aliphatic carbocycles. The fraction of sp³-hybridized carbons (Fsp3) is 0.500. The molecule has 1 rings (SSSR count). The molecule has 0 spiro atoms. The number of hydrogen-bond acceptors (Lipinski definition) is 3. The molecule has 0 radical (unpaired) electrons. The lowest BCUT2D eigenvalue weighted by atomic mass is 10.1. The normalized spacial score (nSPS) is 13.1. The molecule has 0 aliphatic heterocycles. The molecule has 1 aromatic rings. The fourth-order valence-electron chi connectivity index (χ4n) is 1.62. The largest absolute Gasteiger partial charge is 0.431 e. The Morgan fingerprint density at radius 1 is 1.45 bits per heavy atom. The highest BCUT2D eigenvalue weighted by molar-refractivity contribution is 5.93. The van der Waals surface area contributed by atoms with Crippen LogP contribution in [0.5, 0.6) is 0 Å². The van der Waals surface area contributed by atoms with Crippen LogP contribution in [-0.4, -0.2) is 28.6 Å². The molecule has 20 heavy (non-hydrogen) atoms. The summed E-state index contributed by atoms with van der Waals surface area (Å²) in [4.78, 5) is 24.9. The van der Waals surface area contributed by atoms with Crippen LogP contribution in [0.4, 0.5) is 13.2 Å². The molecule has 0 bridgehead atoms. The number of aliphatic hydroxyl groups excluding tert-OH is 1. The van der Waals surface area contributed by atoms with Crippen LogP contribution in [-0.2, 0) is 6.18 Å². The second-order valence-electron chi connectivity index (χ2n) is 4.20. The van der Waals surface area contributed by atoms with Crippen molar-refractivity contribution in [2.75, 3.05) is 6.61 Å². The van der Waals surface area contributed by atoms with Crippen LogP contribution in [0.15, 0.2) is 16.9 Å². The van der Waals surface area contributed by atoms with Crippen molar-refractivity contribution in [3.63, 3.8) is 0 Å². The Morgan fingerprint density at radius 2 is 2.10 bits per heavy atom. The van der Waals surface area contributed by atoms with Crippen molar-refractivity contribution in [1.29, 1.82) is 0 Å². The molecule has 1 heterocycles. The predicted octanol–water partition coefficient (Wildman–Crippen LogP) is 1.28. The highest BCUT2D eigenvalue weighted by Crippen LogP contribution is 2.26. The van der Waals surface area contributed by atoms with Crippen molar-refractivity contribution in [1.82, 2.24) is 10.3 Å². The monoisotopic (exact) mass is 292 g/mol. The summed E-state index contributed by atoms with van der Waals surface area (Å²) in [6.07, 6.45) is -3.83. The third-order valence-electron chi connectivity index (χ3n) is 2.77. The Hall–Kier alpha value is -1.83. The van der Waals surface area contributed by atoms with Gasteiger partial charge in [-0.15, -0.1) is 0 Å². The van der Waals surface area contributed by atoms with Crippen molar-refractivity contribution in [2.45, 2.75) is 32.0 Å². The Labute approximate surface area is 112 Å². The summed E-state index contributed by atoms with van der Waals surface area (Å²) in [6, 6.07) is 1.14. The van der Waals surface area contributed by atoms with E-state index in [1.807, 2.05) is 0 Å². The summed E-state index contributed by atoms with van der Waals surface area (Å²) in [6.45, 7) is 1.64. The van der Waals surface area contributed by atoms with Crippen molar-refractivity contribution in [2.24, 2.45) is 0 Å². The first kappa shape index (κ1) is 16.2. The third kappa shape index (κ3) is 4.09. The predicted molar refractivity (Wildman–Crippen MR) is 65.3 cm³/mol.